The molecule has 0 spiro atoms. The van der Waals surface area contributed by atoms with E-state index in [1.807, 2.05) is 0 Å². The first-order valence-electron chi connectivity index (χ1n) is 4.33. The number of aliphatic carboxylic acids is 1. The Labute approximate surface area is 82.3 Å². The van der Waals surface area contributed by atoms with Gasteiger partial charge in [0.25, 0.3) is 0 Å². The van der Waals surface area contributed by atoms with Crippen molar-refractivity contribution in [3.05, 3.63) is 0 Å². The van der Waals surface area contributed by atoms with Gasteiger partial charge in [-0.25, -0.2) is 5.84 Å². The summed E-state index contributed by atoms with van der Waals surface area (Å²) in [6.45, 7) is 0.516. The molecule has 7 nitrogen and oxygen atoms in total. The summed E-state index contributed by atoms with van der Waals surface area (Å²) >= 11 is 0. The molecule has 0 fully saturated rings. The topological polar surface area (TPSA) is 140 Å². The zero-order chi connectivity index (χ0) is 11.0. The standard InChI is InChI=1S/C7H17N5O2/c8-5(6(13)14)3-1-2-4-11-7(9)12-10/h5H,1-4,8,10H2,(H,13,14)(H3,9,11,12)/t5-/m1/s1. The summed E-state index contributed by atoms with van der Waals surface area (Å²) in [5.74, 6) is 4.17. The van der Waals surface area contributed by atoms with Crippen LogP contribution in [0.15, 0.2) is 4.99 Å². The molecule has 0 aliphatic heterocycles. The van der Waals surface area contributed by atoms with E-state index >= 15 is 0 Å². The molecule has 0 aromatic carbocycles. The van der Waals surface area contributed by atoms with Crippen molar-refractivity contribution < 1.29 is 9.90 Å². The molecule has 0 heterocycles. The largest absolute Gasteiger partial charge is 0.480 e. The van der Waals surface area contributed by atoms with Crippen molar-refractivity contribution in [1.82, 2.24) is 5.43 Å². The minimum Gasteiger partial charge on any atom is -0.480 e. The first kappa shape index (κ1) is 12.7. The Morgan fingerprint density at radius 1 is 1.50 bits per heavy atom. The predicted octanol–water partition coefficient (Wildman–Crippen LogP) is -1.65. The summed E-state index contributed by atoms with van der Waals surface area (Å²) in [6.07, 6.45) is 1.89. The highest BCUT2D eigenvalue weighted by molar-refractivity contribution is 5.77. The van der Waals surface area contributed by atoms with Crippen molar-refractivity contribution in [2.75, 3.05) is 6.54 Å². The third-order valence-corrected chi connectivity index (χ3v) is 1.67. The molecule has 0 unspecified atom stereocenters. The zero-order valence-corrected chi connectivity index (χ0v) is 7.94. The molecule has 1 atom stereocenters. The summed E-state index contributed by atoms with van der Waals surface area (Å²) < 4.78 is 0. The summed E-state index contributed by atoms with van der Waals surface area (Å²) in [5.41, 5.74) is 12.7. The Morgan fingerprint density at radius 3 is 2.64 bits per heavy atom. The molecule has 0 aliphatic carbocycles. The maximum Gasteiger partial charge on any atom is 0.320 e. The molecular weight excluding hydrogens is 186 g/mol. The van der Waals surface area contributed by atoms with Crippen LogP contribution in [0.3, 0.4) is 0 Å². The fourth-order valence-corrected chi connectivity index (χ4v) is 0.845. The average molecular weight is 203 g/mol. The zero-order valence-electron chi connectivity index (χ0n) is 7.94. The molecular formula is C7H17N5O2. The van der Waals surface area contributed by atoms with Gasteiger partial charge in [-0.05, 0) is 19.3 Å². The van der Waals surface area contributed by atoms with Crippen molar-refractivity contribution in [3.8, 4) is 0 Å². The number of aliphatic imine (C=N–C) groups is 1. The Hall–Kier alpha value is -1.34. The Kier molecular flexibility index (Phi) is 6.42. The van der Waals surface area contributed by atoms with Gasteiger partial charge in [-0.2, -0.15) is 0 Å². The molecule has 8 N–H and O–H groups in total. The summed E-state index contributed by atoms with van der Waals surface area (Å²) in [7, 11) is 0. The van der Waals surface area contributed by atoms with Gasteiger partial charge >= 0.3 is 5.97 Å². The van der Waals surface area contributed by atoms with Gasteiger partial charge in [0.1, 0.15) is 6.04 Å². The molecule has 0 aliphatic rings. The lowest BCUT2D eigenvalue weighted by Gasteiger charge is -2.04. The first-order chi connectivity index (χ1) is 6.57. The smallest absolute Gasteiger partial charge is 0.320 e. The minimum atomic E-state index is -0.975. The monoisotopic (exact) mass is 203 g/mol. The fourth-order valence-electron chi connectivity index (χ4n) is 0.845. The Balaban J connectivity index is 3.43. The van der Waals surface area contributed by atoms with E-state index in [1.54, 1.807) is 0 Å². The summed E-state index contributed by atoms with van der Waals surface area (Å²) in [5, 5.41) is 8.47. The number of nitrogens with one attached hydrogen (secondary N) is 1. The van der Waals surface area contributed by atoms with Gasteiger partial charge in [0.2, 0.25) is 5.96 Å². The predicted molar refractivity (Wildman–Crippen MR) is 53.3 cm³/mol. The second-order valence-electron chi connectivity index (χ2n) is 2.85. The van der Waals surface area contributed by atoms with E-state index in [4.69, 9.17) is 22.4 Å². The van der Waals surface area contributed by atoms with Gasteiger partial charge in [0.15, 0.2) is 0 Å². The van der Waals surface area contributed by atoms with E-state index in [9.17, 15) is 4.79 Å². The van der Waals surface area contributed by atoms with Crippen molar-refractivity contribution >= 4 is 11.9 Å². The van der Waals surface area contributed by atoms with Gasteiger partial charge < -0.3 is 16.6 Å². The third-order valence-electron chi connectivity index (χ3n) is 1.67. The van der Waals surface area contributed by atoms with Crippen LogP contribution in [0.1, 0.15) is 19.3 Å². The van der Waals surface area contributed by atoms with Crippen LogP contribution in [0, 0.1) is 0 Å². The number of hydrogen-bond donors (Lipinski definition) is 5. The SMILES string of the molecule is NNC(N)=NCCCC[C@@H](N)C(=O)O. The molecule has 82 valence electrons. The van der Waals surface area contributed by atoms with Crippen LogP contribution in [0.4, 0.5) is 0 Å². The average Bonchev–Trinajstić information content (AvgIpc) is 2.16. The fraction of sp³-hybridized carbons (Fsp3) is 0.714. The maximum atomic E-state index is 10.3. The minimum absolute atomic E-state index is 0.174. The number of rotatable bonds is 6. The van der Waals surface area contributed by atoms with Gasteiger partial charge in [-0.15, -0.1) is 0 Å². The molecule has 0 bridgehead atoms. The van der Waals surface area contributed by atoms with E-state index in [0.29, 0.717) is 19.4 Å². The van der Waals surface area contributed by atoms with Gasteiger partial charge in [-0.1, -0.05) is 0 Å². The number of carboxylic acids is 1. The molecule has 0 rings (SSSR count). The van der Waals surface area contributed by atoms with Crippen LogP contribution >= 0.6 is 0 Å². The van der Waals surface area contributed by atoms with E-state index in [1.165, 1.54) is 0 Å². The van der Waals surface area contributed by atoms with E-state index < -0.39 is 12.0 Å². The highest BCUT2D eigenvalue weighted by atomic mass is 16.4. The van der Waals surface area contributed by atoms with Crippen molar-refractivity contribution in [1.29, 1.82) is 0 Å². The molecule has 14 heavy (non-hydrogen) atoms. The van der Waals surface area contributed by atoms with Gasteiger partial charge in [-0.3, -0.25) is 15.2 Å². The highest BCUT2D eigenvalue weighted by Gasteiger charge is 2.09. The molecule has 0 amide bonds. The molecule has 0 aromatic heterocycles. The number of carbonyl (C=O) groups is 1. The normalized spacial score (nSPS) is 13.7. The van der Waals surface area contributed by atoms with Crippen LogP contribution < -0.4 is 22.7 Å². The molecule has 0 aromatic rings. The lowest BCUT2D eigenvalue weighted by molar-refractivity contribution is -0.138. The van der Waals surface area contributed by atoms with Crippen molar-refractivity contribution in [2.45, 2.75) is 25.3 Å². The van der Waals surface area contributed by atoms with Crippen LogP contribution in [-0.2, 0) is 4.79 Å². The van der Waals surface area contributed by atoms with E-state index in [2.05, 4.69) is 10.4 Å². The van der Waals surface area contributed by atoms with Crippen LogP contribution in [0.25, 0.3) is 0 Å². The molecule has 0 saturated heterocycles. The van der Waals surface area contributed by atoms with Crippen LogP contribution in [0.5, 0.6) is 0 Å². The number of unbranched alkanes of at least 4 members (excludes halogenated alkanes) is 1. The lowest BCUT2D eigenvalue weighted by atomic mass is 10.1. The first-order valence-corrected chi connectivity index (χ1v) is 4.33. The third kappa shape index (κ3) is 6.21. The maximum absolute atomic E-state index is 10.3. The highest BCUT2D eigenvalue weighted by Crippen LogP contribution is 1.99. The van der Waals surface area contributed by atoms with Gasteiger partial charge in [0, 0.05) is 6.54 Å². The number of nitrogens with two attached hydrogens (primary N) is 3. The number of nitrogens with zero attached hydrogens (tertiary/aromatic N) is 1. The van der Waals surface area contributed by atoms with Crippen molar-refractivity contribution in [3.63, 3.8) is 0 Å². The number of hydrazine groups is 1. The van der Waals surface area contributed by atoms with E-state index in [0.717, 1.165) is 6.42 Å². The quantitative estimate of drug-likeness (QED) is 0.115. The van der Waals surface area contributed by atoms with Crippen LogP contribution in [0.2, 0.25) is 0 Å². The number of carboxylic acid groups (broad SMARTS) is 1. The van der Waals surface area contributed by atoms with Crippen molar-refractivity contribution in [2.24, 2.45) is 22.3 Å². The summed E-state index contributed by atoms with van der Waals surface area (Å²) in [6, 6.07) is -0.788. The number of guanidine groups is 1. The van der Waals surface area contributed by atoms with Crippen LogP contribution in [-0.4, -0.2) is 29.6 Å². The Morgan fingerprint density at radius 2 is 2.14 bits per heavy atom. The lowest BCUT2D eigenvalue weighted by Crippen LogP contribution is -2.37. The molecule has 0 radical (unpaired) electrons. The Bertz CT molecular complexity index is 206. The second kappa shape index (κ2) is 7.10. The van der Waals surface area contributed by atoms with E-state index in [-0.39, 0.29) is 5.96 Å². The molecule has 0 saturated carbocycles. The van der Waals surface area contributed by atoms with Gasteiger partial charge in [0.05, 0.1) is 0 Å². The molecule has 7 heteroatoms. The number of hydrogen-bond acceptors (Lipinski definition) is 4. The second-order valence-corrected chi connectivity index (χ2v) is 2.85. The summed E-state index contributed by atoms with van der Waals surface area (Å²) in [4.78, 5) is 14.2.